The van der Waals surface area contributed by atoms with E-state index in [1.54, 1.807) is 45.0 Å². The van der Waals surface area contributed by atoms with E-state index in [-0.39, 0.29) is 40.2 Å². The lowest BCUT2D eigenvalue weighted by Gasteiger charge is -2.19. The Balaban J connectivity index is 1.25. The number of rotatable bonds is 11. The summed E-state index contributed by atoms with van der Waals surface area (Å²) in [5, 5.41) is 9.43. The number of aromatic nitrogens is 2. The summed E-state index contributed by atoms with van der Waals surface area (Å²) in [5.41, 5.74) is 0.314. The molecule has 2 aliphatic rings. The van der Waals surface area contributed by atoms with Crippen molar-refractivity contribution in [3.05, 3.63) is 42.0 Å². The van der Waals surface area contributed by atoms with E-state index in [4.69, 9.17) is 19.0 Å². The van der Waals surface area contributed by atoms with Crippen LogP contribution in [0.1, 0.15) is 45.6 Å². The van der Waals surface area contributed by atoms with E-state index in [1.165, 1.54) is 12.1 Å². The second-order valence-electron chi connectivity index (χ2n) is 11.0. The van der Waals surface area contributed by atoms with E-state index in [9.17, 15) is 18.0 Å². The maximum Gasteiger partial charge on any atom is 0.407 e. The van der Waals surface area contributed by atoms with E-state index in [2.05, 4.69) is 25.8 Å². The number of oxime groups is 1. The number of hydrogen-bond donors (Lipinski definition) is 2. The Labute approximate surface area is 252 Å². The summed E-state index contributed by atoms with van der Waals surface area (Å²) in [6, 6.07) is 9.41. The Morgan fingerprint density at radius 2 is 1.86 bits per heavy atom. The first-order chi connectivity index (χ1) is 20.5. The predicted octanol–water partition coefficient (Wildman–Crippen LogP) is 3.68. The van der Waals surface area contributed by atoms with Crippen LogP contribution in [0, 0.1) is 0 Å². The zero-order valence-corrected chi connectivity index (χ0v) is 25.6. The summed E-state index contributed by atoms with van der Waals surface area (Å²) in [5.74, 6) is -0.254. The number of carbonyl (C=O) groups excluding carboxylic acids is 2. The van der Waals surface area contributed by atoms with Crippen LogP contribution in [0.15, 0.2) is 46.4 Å². The number of nitrogens with zero attached hydrogens (tertiary/aromatic N) is 3. The predicted molar refractivity (Wildman–Crippen MR) is 159 cm³/mol. The Bertz CT molecular complexity index is 1610. The minimum atomic E-state index is -3.38. The highest BCUT2D eigenvalue weighted by Gasteiger charge is 2.37. The largest absolute Gasteiger partial charge is 0.476 e. The zero-order chi connectivity index (χ0) is 30.6. The van der Waals surface area contributed by atoms with Crippen molar-refractivity contribution in [2.24, 2.45) is 5.16 Å². The molecule has 15 heteroatoms. The normalized spacial score (nSPS) is 17.5. The van der Waals surface area contributed by atoms with Gasteiger partial charge in [0.2, 0.25) is 5.88 Å². The van der Waals surface area contributed by atoms with Crippen molar-refractivity contribution in [3.63, 3.8) is 0 Å². The molecule has 0 unspecified atom stereocenters. The molecule has 43 heavy (non-hydrogen) atoms. The van der Waals surface area contributed by atoms with E-state index < -0.39 is 27.4 Å². The number of fused-ring (bicyclic) bond motifs is 1. The van der Waals surface area contributed by atoms with Crippen LogP contribution in [-0.4, -0.2) is 79.4 Å². The van der Waals surface area contributed by atoms with Gasteiger partial charge in [-0.05, 0) is 51.8 Å². The number of alkyl carbamates (subject to hydrolysis) is 1. The molecule has 2 N–H and O–H groups in total. The van der Waals surface area contributed by atoms with Gasteiger partial charge in [0.05, 0.1) is 29.9 Å². The second-order valence-corrected chi connectivity index (χ2v) is 14.2. The Kier molecular flexibility index (Phi) is 9.13. The lowest BCUT2D eigenvalue weighted by atomic mass is 10.1. The first-order valence-corrected chi connectivity index (χ1v) is 16.2. The van der Waals surface area contributed by atoms with Crippen molar-refractivity contribution in [1.29, 1.82) is 0 Å². The topological polar surface area (TPSA) is 167 Å². The molecular formula is C28H33N5O8S2. The number of nitrogens with one attached hydrogen (secondary N) is 2. The molecular weight excluding hydrogens is 598 g/mol. The molecule has 0 radical (unpaired) electrons. The first-order valence-electron chi connectivity index (χ1n) is 13.8. The minimum Gasteiger partial charge on any atom is -0.476 e. The minimum absolute atomic E-state index is 0.0315. The van der Waals surface area contributed by atoms with Crippen molar-refractivity contribution in [3.8, 4) is 5.88 Å². The average Bonchev–Trinajstić information content (AvgIpc) is 3.55. The Morgan fingerprint density at radius 1 is 1.09 bits per heavy atom. The van der Waals surface area contributed by atoms with Crippen LogP contribution >= 0.6 is 11.3 Å². The highest BCUT2D eigenvalue weighted by molar-refractivity contribution is 7.92. The molecule has 1 saturated heterocycles. The smallest absolute Gasteiger partial charge is 0.407 e. The van der Waals surface area contributed by atoms with Gasteiger partial charge in [-0.15, -0.1) is 0 Å². The number of ether oxygens (including phenoxy) is 3. The van der Waals surface area contributed by atoms with Gasteiger partial charge in [-0.1, -0.05) is 28.6 Å². The van der Waals surface area contributed by atoms with Gasteiger partial charge in [-0.2, -0.15) is 0 Å². The molecule has 1 aliphatic carbocycles. The third-order valence-corrected chi connectivity index (χ3v) is 9.44. The third-order valence-electron chi connectivity index (χ3n) is 6.29. The van der Waals surface area contributed by atoms with Gasteiger partial charge in [0.25, 0.3) is 5.91 Å². The van der Waals surface area contributed by atoms with Crippen molar-refractivity contribution in [2.45, 2.75) is 61.9 Å². The van der Waals surface area contributed by atoms with Gasteiger partial charge in [0, 0.05) is 18.1 Å². The fourth-order valence-corrected chi connectivity index (χ4v) is 6.52. The summed E-state index contributed by atoms with van der Waals surface area (Å²) in [7, 11) is -3.38. The second kappa shape index (κ2) is 12.8. The van der Waals surface area contributed by atoms with Crippen molar-refractivity contribution in [2.75, 3.05) is 31.7 Å². The number of benzene rings is 1. The number of pyridine rings is 1. The Morgan fingerprint density at radius 3 is 2.53 bits per heavy atom. The molecule has 2 fully saturated rings. The molecule has 3 aromatic rings. The van der Waals surface area contributed by atoms with Gasteiger partial charge >= 0.3 is 6.09 Å². The van der Waals surface area contributed by atoms with Crippen molar-refractivity contribution < 1.29 is 37.1 Å². The highest BCUT2D eigenvalue weighted by Crippen LogP contribution is 2.33. The van der Waals surface area contributed by atoms with Gasteiger partial charge in [0.15, 0.2) is 26.8 Å². The number of hydrogen-bond acceptors (Lipinski definition) is 12. The molecule has 2 aromatic heterocycles. The fraction of sp³-hybridized carbons (Fsp3) is 0.464. The van der Waals surface area contributed by atoms with E-state index in [0.29, 0.717) is 54.3 Å². The van der Waals surface area contributed by atoms with Gasteiger partial charge in [-0.25, -0.2) is 23.2 Å². The Hall–Kier alpha value is -3.82. The van der Waals surface area contributed by atoms with E-state index >= 15 is 0 Å². The molecule has 5 rings (SSSR count). The fourth-order valence-electron chi connectivity index (χ4n) is 4.03. The number of anilines is 1. The van der Waals surface area contributed by atoms with Crippen LogP contribution in [-0.2, 0) is 28.9 Å². The molecule has 2 amide bonds. The van der Waals surface area contributed by atoms with Gasteiger partial charge in [-0.3, -0.25) is 10.1 Å². The molecule has 1 atom stereocenters. The van der Waals surface area contributed by atoms with Crippen LogP contribution in [0.25, 0.3) is 10.3 Å². The SMILES string of the molecule is CC(C)(C)OC(=O)NCCOc1ccc2nc(NC(=O)C(=NO[C@@H]3CCOC3)c3ccc(S(=O)(=O)C4CC4)cc3)sc2n1. The summed E-state index contributed by atoms with van der Waals surface area (Å²) >= 11 is 1.14. The number of carbonyl (C=O) groups is 2. The van der Waals surface area contributed by atoms with Crippen LogP contribution in [0.3, 0.4) is 0 Å². The lowest BCUT2D eigenvalue weighted by molar-refractivity contribution is -0.110. The number of sulfone groups is 1. The average molecular weight is 632 g/mol. The van der Waals surface area contributed by atoms with E-state index in [0.717, 1.165) is 11.3 Å². The maximum atomic E-state index is 13.4. The molecule has 0 spiro atoms. The van der Waals surface area contributed by atoms with Gasteiger partial charge in [0.1, 0.15) is 22.6 Å². The zero-order valence-electron chi connectivity index (χ0n) is 24.0. The summed E-state index contributed by atoms with van der Waals surface area (Å²) in [4.78, 5) is 40.3. The van der Waals surface area contributed by atoms with Crippen molar-refractivity contribution >= 4 is 54.4 Å². The first kappa shape index (κ1) is 30.6. The van der Waals surface area contributed by atoms with Crippen LogP contribution < -0.4 is 15.4 Å². The molecule has 1 saturated carbocycles. The molecule has 1 aromatic carbocycles. The molecule has 230 valence electrons. The van der Waals surface area contributed by atoms with Crippen LogP contribution in [0.2, 0.25) is 0 Å². The monoisotopic (exact) mass is 631 g/mol. The van der Waals surface area contributed by atoms with Gasteiger partial charge < -0.3 is 24.4 Å². The lowest BCUT2D eigenvalue weighted by Crippen LogP contribution is -2.34. The molecule has 3 heterocycles. The van der Waals surface area contributed by atoms with Crippen LogP contribution in [0.4, 0.5) is 9.93 Å². The standard InChI is InChI=1S/C28H33N5O8S2/c1-28(2,3)40-27(35)29-13-15-39-22-11-10-21-25(31-22)42-26(30-21)32-24(34)23(33-41-18-12-14-38-16-18)17-4-6-19(7-5-17)43(36,37)20-8-9-20/h4-7,10-11,18,20H,8-9,12-16H2,1-3H3,(H,29,35)(H,30,32,34)/t18-/m1/s1. The summed E-state index contributed by atoms with van der Waals surface area (Å²) in [6.45, 7) is 6.65. The summed E-state index contributed by atoms with van der Waals surface area (Å²) < 4.78 is 41.4. The quantitative estimate of drug-likeness (QED) is 0.181. The number of thiazole rings is 1. The van der Waals surface area contributed by atoms with E-state index in [1.807, 2.05) is 0 Å². The maximum absolute atomic E-state index is 13.4. The molecule has 13 nitrogen and oxygen atoms in total. The molecule has 1 aliphatic heterocycles. The van der Waals surface area contributed by atoms with Crippen LogP contribution in [0.5, 0.6) is 5.88 Å². The molecule has 0 bridgehead atoms. The summed E-state index contributed by atoms with van der Waals surface area (Å²) in [6.07, 6.45) is 1.13. The highest BCUT2D eigenvalue weighted by atomic mass is 32.2. The number of amides is 2. The van der Waals surface area contributed by atoms with Crippen molar-refractivity contribution in [1.82, 2.24) is 15.3 Å². The third kappa shape index (κ3) is 8.18.